The van der Waals surface area contributed by atoms with E-state index in [1.807, 2.05) is 0 Å². The number of amides is 2. The van der Waals surface area contributed by atoms with E-state index >= 15 is 0 Å². The molecule has 0 bridgehead atoms. The fourth-order valence-electron chi connectivity index (χ4n) is 3.04. The van der Waals surface area contributed by atoms with Crippen molar-refractivity contribution < 1.29 is 19.5 Å². The molecule has 2 heterocycles. The van der Waals surface area contributed by atoms with Crippen LogP contribution in [0.3, 0.4) is 0 Å². The van der Waals surface area contributed by atoms with Crippen molar-refractivity contribution in [1.29, 1.82) is 0 Å². The SMILES string of the molecule is O=C(O)CC[C@@H]1CCCCN1C(=O)CN1CCCC1=O. The third-order valence-electron chi connectivity index (χ3n) is 4.14. The summed E-state index contributed by atoms with van der Waals surface area (Å²) in [6, 6.07) is 0.0186. The number of carboxylic acids is 1. The van der Waals surface area contributed by atoms with Crippen LogP contribution >= 0.6 is 0 Å². The largest absolute Gasteiger partial charge is 0.481 e. The van der Waals surface area contributed by atoms with Crippen LogP contribution in [0.1, 0.15) is 44.9 Å². The van der Waals surface area contributed by atoms with E-state index in [1.165, 1.54) is 0 Å². The first-order valence-electron chi connectivity index (χ1n) is 7.37. The average Bonchev–Trinajstić information content (AvgIpc) is 2.82. The Morgan fingerprint density at radius 2 is 2.00 bits per heavy atom. The number of hydrogen-bond acceptors (Lipinski definition) is 3. The maximum atomic E-state index is 12.3. The van der Waals surface area contributed by atoms with Crippen molar-refractivity contribution in [3.63, 3.8) is 0 Å². The maximum absolute atomic E-state index is 12.3. The molecule has 0 unspecified atom stereocenters. The van der Waals surface area contributed by atoms with Gasteiger partial charge in [-0.3, -0.25) is 14.4 Å². The summed E-state index contributed by atoms with van der Waals surface area (Å²) in [4.78, 5) is 38.0. The van der Waals surface area contributed by atoms with Gasteiger partial charge in [-0.15, -0.1) is 0 Å². The lowest BCUT2D eigenvalue weighted by molar-refractivity contribution is -0.142. The molecular weight excluding hydrogens is 260 g/mol. The minimum atomic E-state index is -0.822. The normalized spacial score (nSPS) is 23.2. The molecule has 0 radical (unpaired) electrons. The second-order valence-corrected chi connectivity index (χ2v) is 5.59. The Morgan fingerprint density at radius 1 is 1.20 bits per heavy atom. The molecule has 6 nitrogen and oxygen atoms in total. The lowest BCUT2D eigenvalue weighted by Crippen LogP contribution is -2.48. The van der Waals surface area contributed by atoms with Gasteiger partial charge in [-0.1, -0.05) is 0 Å². The fraction of sp³-hybridized carbons (Fsp3) is 0.786. The van der Waals surface area contributed by atoms with Gasteiger partial charge in [-0.05, 0) is 32.1 Å². The van der Waals surface area contributed by atoms with Crippen LogP contribution in [-0.2, 0) is 14.4 Å². The number of piperidine rings is 1. The number of hydrogen-bond donors (Lipinski definition) is 1. The summed E-state index contributed by atoms with van der Waals surface area (Å²) in [5.74, 6) is -0.800. The highest BCUT2D eigenvalue weighted by atomic mass is 16.4. The minimum absolute atomic E-state index is 0.0186. The summed E-state index contributed by atoms with van der Waals surface area (Å²) < 4.78 is 0. The van der Waals surface area contributed by atoms with E-state index in [-0.39, 0.29) is 30.8 Å². The van der Waals surface area contributed by atoms with Gasteiger partial charge in [0.1, 0.15) is 0 Å². The number of rotatable bonds is 5. The molecule has 6 heteroatoms. The predicted molar refractivity (Wildman–Crippen MR) is 72.0 cm³/mol. The first kappa shape index (κ1) is 14.8. The van der Waals surface area contributed by atoms with Crippen LogP contribution in [0.5, 0.6) is 0 Å². The Balaban J connectivity index is 1.90. The zero-order valence-electron chi connectivity index (χ0n) is 11.7. The van der Waals surface area contributed by atoms with E-state index in [0.29, 0.717) is 25.9 Å². The third-order valence-corrected chi connectivity index (χ3v) is 4.14. The second-order valence-electron chi connectivity index (χ2n) is 5.59. The van der Waals surface area contributed by atoms with E-state index < -0.39 is 5.97 Å². The number of nitrogens with zero attached hydrogens (tertiary/aromatic N) is 2. The van der Waals surface area contributed by atoms with Gasteiger partial charge in [-0.25, -0.2) is 0 Å². The molecule has 1 N–H and O–H groups in total. The van der Waals surface area contributed by atoms with Crippen LogP contribution in [0.4, 0.5) is 0 Å². The molecule has 2 amide bonds. The summed E-state index contributed by atoms with van der Waals surface area (Å²) >= 11 is 0. The number of carbonyl (C=O) groups is 3. The van der Waals surface area contributed by atoms with E-state index in [4.69, 9.17) is 5.11 Å². The van der Waals surface area contributed by atoms with Crippen LogP contribution in [0.25, 0.3) is 0 Å². The summed E-state index contributed by atoms with van der Waals surface area (Å²) in [6.07, 6.45) is 4.84. The molecule has 20 heavy (non-hydrogen) atoms. The van der Waals surface area contributed by atoms with Crippen molar-refractivity contribution >= 4 is 17.8 Å². The van der Waals surface area contributed by atoms with Gasteiger partial charge in [-0.2, -0.15) is 0 Å². The van der Waals surface area contributed by atoms with E-state index in [9.17, 15) is 14.4 Å². The number of carboxylic acid groups (broad SMARTS) is 1. The second kappa shape index (κ2) is 6.72. The molecule has 0 aromatic carbocycles. The standard InChI is InChI=1S/C14H22N2O4/c17-12-5-3-8-15(12)10-13(18)16-9-2-1-4-11(16)6-7-14(19)20/h11H,1-10H2,(H,19,20)/t11-/m0/s1. The molecule has 0 aliphatic carbocycles. The smallest absolute Gasteiger partial charge is 0.303 e. The van der Waals surface area contributed by atoms with Crippen LogP contribution < -0.4 is 0 Å². The molecule has 0 spiro atoms. The quantitative estimate of drug-likeness (QED) is 0.811. The van der Waals surface area contributed by atoms with Crippen molar-refractivity contribution in [1.82, 2.24) is 9.80 Å². The first-order chi connectivity index (χ1) is 9.58. The van der Waals surface area contributed by atoms with E-state index in [1.54, 1.807) is 9.80 Å². The Kier molecular flexibility index (Phi) is 4.98. The van der Waals surface area contributed by atoms with Crippen molar-refractivity contribution in [2.24, 2.45) is 0 Å². The molecule has 2 aliphatic rings. The molecular formula is C14H22N2O4. The van der Waals surface area contributed by atoms with Gasteiger partial charge in [0.25, 0.3) is 0 Å². The van der Waals surface area contributed by atoms with Crippen molar-refractivity contribution in [3.8, 4) is 0 Å². The van der Waals surface area contributed by atoms with Gasteiger partial charge in [0.2, 0.25) is 11.8 Å². The Bertz CT molecular complexity index is 397. The van der Waals surface area contributed by atoms with Crippen LogP contribution in [-0.4, -0.2) is 58.4 Å². The maximum Gasteiger partial charge on any atom is 0.303 e. The summed E-state index contributed by atoms with van der Waals surface area (Å²) in [6.45, 7) is 1.51. The first-order valence-corrected chi connectivity index (χ1v) is 7.37. The lowest BCUT2D eigenvalue weighted by Gasteiger charge is -2.36. The lowest BCUT2D eigenvalue weighted by atomic mass is 9.98. The van der Waals surface area contributed by atoms with Gasteiger partial charge in [0.15, 0.2) is 0 Å². The molecule has 1 atom stereocenters. The van der Waals surface area contributed by atoms with E-state index in [0.717, 1.165) is 25.7 Å². The zero-order chi connectivity index (χ0) is 14.5. The zero-order valence-corrected chi connectivity index (χ0v) is 11.7. The molecule has 2 aliphatic heterocycles. The highest BCUT2D eigenvalue weighted by molar-refractivity contribution is 5.86. The van der Waals surface area contributed by atoms with Crippen molar-refractivity contribution in [3.05, 3.63) is 0 Å². The number of likely N-dealkylation sites (tertiary alicyclic amines) is 2. The molecule has 2 fully saturated rings. The summed E-state index contributed by atoms with van der Waals surface area (Å²) in [7, 11) is 0. The number of aliphatic carboxylic acids is 1. The predicted octanol–water partition coefficient (Wildman–Crippen LogP) is 0.855. The van der Waals surface area contributed by atoms with Gasteiger partial charge in [0.05, 0.1) is 6.54 Å². The molecule has 2 saturated heterocycles. The van der Waals surface area contributed by atoms with Crippen LogP contribution in [0.15, 0.2) is 0 Å². The summed E-state index contributed by atoms with van der Waals surface area (Å²) in [5, 5.41) is 8.78. The van der Waals surface area contributed by atoms with Gasteiger partial charge >= 0.3 is 5.97 Å². The Labute approximate surface area is 118 Å². The summed E-state index contributed by atoms with van der Waals surface area (Å²) in [5.41, 5.74) is 0. The molecule has 0 aromatic rings. The average molecular weight is 282 g/mol. The van der Waals surface area contributed by atoms with Crippen LogP contribution in [0.2, 0.25) is 0 Å². The third kappa shape index (κ3) is 3.71. The number of carbonyl (C=O) groups excluding carboxylic acids is 2. The molecule has 2 rings (SSSR count). The Morgan fingerprint density at radius 3 is 2.65 bits per heavy atom. The topological polar surface area (TPSA) is 77.9 Å². The van der Waals surface area contributed by atoms with Crippen LogP contribution in [0, 0.1) is 0 Å². The van der Waals surface area contributed by atoms with E-state index in [2.05, 4.69) is 0 Å². The minimum Gasteiger partial charge on any atom is -0.481 e. The Hall–Kier alpha value is -1.59. The van der Waals surface area contributed by atoms with Gasteiger partial charge in [0, 0.05) is 32.0 Å². The van der Waals surface area contributed by atoms with Crippen molar-refractivity contribution in [2.75, 3.05) is 19.6 Å². The molecule has 0 aromatic heterocycles. The molecule has 0 saturated carbocycles. The van der Waals surface area contributed by atoms with Gasteiger partial charge < -0.3 is 14.9 Å². The fourth-order valence-corrected chi connectivity index (χ4v) is 3.04. The van der Waals surface area contributed by atoms with Crippen molar-refractivity contribution in [2.45, 2.75) is 51.0 Å². The highest BCUT2D eigenvalue weighted by Gasteiger charge is 2.30. The monoisotopic (exact) mass is 282 g/mol. The molecule has 112 valence electrons. The highest BCUT2D eigenvalue weighted by Crippen LogP contribution is 2.22.